The SMILES string of the molecule is N#Cc1ccc(C(N)=O)c(C=O)c1C(F)(F)F. The second-order valence-electron chi connectivity index (χ2n) is 3.04. The zero-order valence-corrected chi connectivity index (χ0v) is 8.21. The summed E-state index contributed by atoms with van der Waals surface area (Å²) in [5, 5.41) is 8.55. The Morgan fingerprint density at radius 2 is 2.00 bits per heavy atom. The lowest BCUT2D eigenvalue weighted by molar-refractivity contribution is -0.138. The molecule has 0 aromatic heterocycles. The summed E-state index contributed by atoms with van der Waals surface area (Å²) in [5.74, 6) is -1.16. The van der Waals surface area contributed by atoms with Crippen molar-refractivity contribution >= 4 is 12.2 Å². The van der Waals surface area contributed by atoms with Crippen LogP contribution in [-0.4, -0.2) is 12.2 Å². The van der Waals surface area contributed by atoms with Crippen LogP contribution in [0.5, 0.6) is 0 Å². The first-order valence-electron chi connectivity index (χ1n) is 4.22. The minimum absolute atomic E-state index is 0.135. The standard InChI is InChI=1S/C10H5F3N2O2/c11-10(12,13)8-5(3-14)1-2-6(9(15)17)7(8)4-16/h1-2,4H,(H2,15,17). The molecule has 0 aliphatic rings. The largest absolute Gasteiger partial charge is 0.418 e. The minimum Gasteiger partial charge on any atom is -0.366 e. The molecular formula is C10H5F3N2O2. The molecule has 1 rings (SSSR count). The van der Waals surface area contributed by atoms with Gasteiger partial charge in [0.05, 0.1) is 22.8 Å². The van der Waals surface area contributed by atoms with Gasteiger partial charge in [-0.2, -0.15) is 18.4 Å². The third-order valence-electron chi connectivity index (χ3n) is 2.03. The van der Waals surface area contributed by atoms with E-state index in [0.29, 0.717) is 0 Å². The van der Waals surface area contributed by atoms with Crippen LogP contribution in [-0.2, 0) is 6.18 Å². The van der Waals surface area contributed by atoms with Crippen LogP contribution in [0.1, 0.15) is 31.8 Å². The van der Waals surface area contributed by atoms with Gasteiger partial charge in [-0.15, -0.1) is 0 Å². The summed E-state index contributed by atoms with van der Waals surface area (Å²) in [7, 11) is 0. The number of rotatable bonds is 2. The zero-order chi connectivity index (χ0) is 13.2. The van der Waals surface area contributed by atoms with E-state index in [0.717, 1.165) is 12.1 Å². The molecule has 0 unspecified atom stereocenters. The zero-order valence-electron chi connectivity index (χ0n) is 8.21. The lowest BCUT2D eigenvalue weighted by Gasteiger charge is -2.13. The van der Waals surface area contributed by atoms with Gasteiger partial charge >= 0.3 is 6.18 Å². The van der Waals surface area contributed by atoms with Gasteiger partial charge in [0.1, 0.15) is 0 Å². The van der Waals surface area contributed by atoms with Crippen molar-refractivity contribution < 1.29 is 22.8 Å². The highest BCUT2D eigenvalue weighted by Gasteiger charge is 2.38. The fourth-order valence-corrected chi connectivity index (χ4v) is 1.36. The number of carbonyl (C=O) groups is 2. The van der Waals surface area contributed by atoms with Crippen LogP contribution in [0, 0.1) is 11.3 Å². The maximum Gasteiger partial charge on any atom is 0.418 e. The van der Waals surface area contributed by atoms with Crippen LogP contribution in [0.3, 0.4) is 0 Å². The van der Waals surface area contributed by atoms with E-state index in [4.69, 9.17) is 11.0 Å². The molecule has 0 spiro atoms. The lowest BCUT2D eigenvalue weighted by atomic mass is 9.96. The highest BCUT2D eigenvalue weighted by Crippen LogP contribution is 2.35. The third kappa shape index (κ3) is 2.25. The Kier molecular flexibility index (Phi) is 3.18. The molecule has 17 heavy (non-hydrogen) atoms. The van der Waals surface area contributed by atoms with Gasteiger partial charge in [0.2, 0.25) is 5.91 Å². The number of halogens is 3. The molecule has 88 valence electrons. The van der Waals surface area contributed by atoms with Gasteiger partial charge in [-0.3, -0.25) is 9.59 Å². The monoisotopic (exact) mass is 242 g/mol. The van der Waals surface area contributed by atoms with Crippen molar-refractivity contribution in [2.45, 2.75) is 6.18 Å². The summed E-state index contributed by atoms with van der Waals surface area (Å²) in [6.45, 7) is 0. The number of alkyl halides is 3. The highest BCUT2D eigenvalue weighted by atomic mass is 19.4. The van der Waals surface area contributed by atoms with Crippen LogP contribution < -0.4 is 5.73 Å². The van der Waals surface area contributed by atoms with E-state index in [-0.39, 0.29) is 6.29 Å². The maximum atomic E-state index is 12.7. The second-order valence-corrected chi connectivity index (χ2v) is 3.04. The quantitative estimate of drug-likeness (QED) is 0.797. The second kappa shape index (κ2) is 4.25. The summed E-state index contributed by atoms with van der Waals surface area (Å²) in [6, 6.07) is 3.03. The molecule has 0 saturated heterocycles. The Labute approximate surface area is 93.4 Å². The number of benzene rings is 1. The predicted molar refractivity (Wildman–Crippen MR) is 50.1 cm³/mol. The normalized spacial score (nSPS) is 10.7. The first-order valence-corrected chi connectivity index (χ1v) is 4.22. The molecule has 0 atom stereocenters. The number of nitrogens with two attached hydrogens (primary N) is 1. The number of nitrogens with zero attached hydrogens (tertiary/aromatic N) is 1. The number of hydrogen-bond donors (Lipinski definition) is 1. The minimum atomic E-state index is -4.91. The van der Waals surface area contributed by atoms with Crippen molar-refractivity contribution in [3.05, 3.63) is 34.4 Å². The molecule has 4 nitrogen and oxygen atoms in total. The van der Waals surface area contributed by atoms with E-state index in [9.17, 15) is 22.8 Å². The maximum absolute atomic E-state index is 12.7. The Balaban J connectivity index is 3.75. The molecule has 0 heterocycles. The molecule has 2 N–H and O–H groups in total. The van der Waals surface area contributed by atoms with Crippen molar-refractivity contribution in [1.82, 2.24) is 0 Å². The van der Waals surface area contributed by atoms with Crippen molar-refractivity contribution in [1.29, 1.82) is 5.26 Å². The van der Waals surface area contributed by atoms with Crippen LogP contribution >= 0.6 is 0 Å². The molecule has 1 amide bonds. The van der Waals surface area contributed by atoms with Crippen LogP contribution in [0.2, 0.25) is 0 Å². The highest BCUT2D eigenvalue weighted by molar-refractivity contribution is 6.01. The molecule has 0 radical (unpaired) electrons. The molecule has 0 fully saturated rings. The molecule has 1 aromatic rings. The van der Waals surface area contributed by atoms with E-state index in [1.165, 1.54) is 6.07 Å². The van der Waals surface area contributed by atoms with Crippen LogP contribution in [0.4, 0.5) is 13.2 Å². The molecule has 7 heteroatoms. The summed E-state index contributed by atoms with van der Waals surface area (Å²) < 4.78 is 38.0. The van der Waals surface area contributed by atoms with Crippen molar-refractivity contribution in [2.75, 3.05) is 0 Å². The summed E-state index contributed by atoms with van der Waals surface area (Å²) in [4.78, 5) is 21.5. The number of nitriles is 1. The Morgan fingerprint density at radius 3 is 2.35 bits per heavy atom. The van der Waals surface area contributed by atoms with E-state index < -0.39 is 34.3 Å². The van der Waals surface area contributed by atoms with Crippen molar-refractivity contribution in [3.8, 4) is 6.07 Å². The Morgan fingerprint density at radius 1 is 1.41 bits per heavy atom. The summed E-state index contributed by atoms with van der Waals surface area (Å²) in [6.07, 6.45) is -5.05. The molecule has 0 aliphatic heterocycles. The topological polar surface area (TPSA) is 83.9 Å². The van der Waals surface area contributed by atoms with Gasteiger partial charge in [0.25, 0.3) is 0 Å². The lowest BCUT2D eigenvalue weighted by Crippen LogP contribution is -2.19. The molecule has 0 saturated carbocycles. The predicted octanol–water partition coefficient (Wildman–Crippen LogP) is 1.49. The first kappa shape index (κ1) is 12.7. The van der Waals surface area contributed by atoms with Gasteiger partial charge in [-0.1, -0.05) is 0 Å². The molecular weight excluding hydrogens is 237 g/mol. The van der Waals surface area contributed by atoms with Gasteiger partial charge in [0.15, 0.2) is 6.29 Å². The number of amides is 1. The van der Waals surface area contributed by atoms with Gasteiger partial charge < -0.3 is 5.73 Å². The number of carbonyl (C=O) groups excluding carboxylic acids is 2. The average molecular weight is 242 g/mol. The van der Waals surface area contributed by atoms with E-state index in [2.05, 4.69) is 0 Å². The first-order chi connectivity index (χ1) is 7.82. The fourth-order valence-electron chi connectivity index (χ4n) is 1.36. The number of primary amides is 1. The molecule has 1 aromatic carbocycles. The van der Waals surface area contributed by atoms with Crippen molar-refractivity contribution in [2.24, 2.45) is 5.73 Å². The smallest absolute Gasteiger partial charge is 0.366 e. The van der Waals surface area contributed by atoms with E-state index in [1.54, 1.807) is 0 Å². The average Bonchev–Trinajstić information content (AvgIpc) is 2.25. The molecule has 0 aliphatic carbocycles. The number of hydrogen-bond acceptors (Lipinski definition) is 3. The van der Waals surface area contributed by atoms with Crippen LogP contribution in [0.15, 0.2) is 12.1 Å². The molecule has 0 bridgehead atoms. The Bertz CT molecular complexity index is 530. The van der Waals surface area contributed by atoms with Crippen LogP contribution in [0.25, 0.3) is 0 Å². The number of aldehydes is 1. The summed E-state index contributed by atoms with van der Waals surface area (Å²) in [5.41, 5.74) is 1.20. The van der Waals surface area contributed by atoms with Gasteiger partial charge in [-0.25, -0.2) is 0 Å². The van der Waals surface area contributed by atoms with Crippen molar-refractivity contribution in [3.63, 3.8) is 0 Å². The van der Waals surface area contributed by atoms with E-state index in [1.807, 2.05) is 0 Å². The fraction of sp³-hybridized carbons (Fsp3) is 0.100. The Hall–Kier alpha value is -2.36. The van der Waals surface area contributed by atoms with E-state index >= 15 is 0 Å². The van der Waals surface area contributed by atoms with Gasteiger partial charge in [0, 0.05) is 5.56 Å². The third-order valence-corrected chi connectivity index (χ3v) is 2.03. The summed E-state index contributed by atoms with van der Waals surface area (Å²) >= 11 is 0. The van der Waals surface area contributed by atoms with Gasteiger partial charge in [-0.05, 0) is 12.1 Å².